The maximum atomic E-state index is 13.5. The number of aliphatic carboxylic acids is 1. The number of carbonyl (C=O) groups is 1. The number of benzene rings is 1. The van der Waals surface area contributed by atoms with E-state index in [0.717, 1.165) is 0 Å². The van der Waals surface area contributed by atoms with E-state index in [1.165, 1.54) is 0 Å². The third-order valence-corrected chi connectivity index (χ3v) is 2.60. The number of hydrazine groups is 1. The van der Waals surface area contributed by atoms with Crippen molar-refractivity contribution < 1.29 is 40.4 Å². The summed E-state index contributed by atoms with van der Waals surface area (Å²) in [6.45, 7) is 0. The van der Waals surface area contributed by atoms with Gasteiger partial charge in [-0.15, -0.1) is 0 Å². The zero-order valence-corrected chi connectivity index (χ0v) is 14.3. The monoisotopic (exact) mass is 421 g/mol. The highest BCUT2D eigenvalue weighted by Crippen LogP contribution is 2.33. The molecule has 0 aliphatic carbocycles. The van der Waals surface area contributed by atoms with Gasteiger partial charge in [-0.1, -0.05) is 5.11 Å². The summed E-state index contributed by atoms with van der Waals surface area (Å²) < 4.78 is 79.8. The minimum absolute atomic E-state index is 0.270. The Morgan fingerprint density at radius 2 is 1.69 bits per heavy atom. The van der Waals surface area contributed by atoms with E-state index < -0.39 is 56.8 Å². The number of hydrogen-bond acceptors (Lipinski definition) is 7. The van der Waals surface area contributed by atoms with Crippen LogP contribution in [0.2, 0.25) is 0 Å². The van der Waals surface area contributed by atoms with E-state index in [1.54, 1.807) is 5.43 Å². The van der Waals surface area contributed by atoms with Crippen LogP contribution in [-0.2, 0) is 14.9 Å². The Morgan fingerprint density at radius 3 is 2.00 bits per heavy atom. The smallest absolute Gasteiger partial charge is 0.323 e. The van der Waals surface area contributed by atoms with Crippen molar-refractivity contribution in [2.24, 2.45) is 5.11 Å². The van der Waals surface area contributed by atoms with Gasteiger partial charge < -0.3 is 10.5 Å². The number of rotatable bonds is 6. The van der Waals surface area contributed by atoms with Crippen LogP contribution < -0.4 is 10.9 Å². The Labute approximate surface area is 149 Å². The molecule has 1 atom stereocenters. The van der Waals surface area contributed by atoms with E-state index in [4.69, 9.17) is 15.2 Å². The van der Waals surface area contributed by atoms with Gasteiger partial charge in [0.15, 0.2) is 23.3 Å². The number of nitrogens with one attached hydrogen (secondary N) is 2. The molecule has 1 aromatic carbocycles. The zero-order valence-electron chi connectivity index (χ0n) is 12.6. The Morgan fingerprint density at radius 1 is 1.27 bits per heavy atom. The molecule has 0 saturated heterocycles. The Kier molecular flexibility index (Phi) is 9.16. The second kappa shape index (κ2) is 10.0. The standard InChI is InChI=1S/C9H7F4N5O2S.CH4O3S/c10-3-5(12)8(17-18-14)6(13)4(11)7(3)16-15-2(1-21)9(19)20;1-5(2,3)4/h2,15-16,21H,1H2,(H,19,20);1H3,(H,2,3,4)/t2-;/m0./s1. The molecule has 0 aliphatic heterocycles. The van der Waals surface area contributed by atoms with Crippen molar-refractivity contribution in [1.82, 2.24) is 5.43 Å². The first-order valence-corrected chi connectivity index (χ1v) is 8.51. The van der Waals surface area contributed by atoms with Gasteiger partial charge in [-0.3, -0.25) is 9.35 Å². The average Bonchev–Trinajstić information content (AvgIpc) is 2.51. The molecular weight excluding hydrogens is 410 g/mol. The molecular formula is C10H11F4N5O5S2. The van der Waals surface area contributed by atoms with Crippen LogP contribution >= 0.6 is 12.6 Å². The highest BCUT2D eigenvalue weighted by molar-refractivity contribution is 7.85. The molecule has 0 aliphatic rings. The maximum Gasteiger partial charge on any atom is 0.323 e. The molecule has 1 aromatic rings. The Balaban J connectivity index is 0.00000110. The SMILES string of the molecule is CS(=O)(=O)O.[N-]=[N+]=Nc1c(F)c(F)c(NN[C@@H](CS)C(=O)O)c(F)c1F. The van der Waals surface area contributed by atoms with E-state index >= 15 is 0 Å². The summed E-state index contributed by atoms with van der Waals surface area (Å²) in [5.74, 6) is -9.29. The van der Waals surface area contributed by atoms with Gasteiger partial charge >= 0.3 is 5.97 Å². The summed E-state index contributed by atoms with van der Waals surface area (Å²) >= 11 is 3.66. The van der Waals surface area contributed by atoms with Crippen LogP contribution in [0.25, 0.3) is 10.4 Å². The first-order chi connectivity index (χ1) is 11.8. The molecule has 0 radical (unpaired) electrons. The summed E-state index contributed by atoms with van der Waals surface area (Å²) in [6, 6.07) is -1.38. The first-order valence-electron chi connectivity index (χ1n) is 6.03. The van der Waals surface area contributed by atoms with Crippen LogP contribution in [-0.4, -0.2) is 42.1 Å². The first kappa shape index (κ1) is 23.7. The van der Waals surface area contributed by atoms with Crippen molar-refractivity contribution in [2.75, 3.05) is 17.4 Å². The summed E-state index contributed by atoms with van der Waals surface area (Å²) in [5, 5.41) is 11.2. The lowest BCUT2D eigenvalue weighted by atomic mass is 10.2. The molecule has 10 nitrogen and oxygen atoms in total. The van der Waals surface area contributed by atoms with E-state index in [-0.39, 0.29) is 5.75 Å². The molecule has 0 bridgehead atoms. The largest absolute Gasteiger partial charge is 0.480 e. The maximum absolute atomic E-state index is 13.5. The third kappa shape index (κ3) is 7.32. The molecule has 0 spiro atoms. The molecule has 0 unspecified atom stereocenters. The summed E-state index contributed by atoms with van der Waals surface area (Å²) in [7, 11) is -3.67. The average molecular weight is 421 g/mol. The summed E-state index contributed by atoms with van der Waals surface area (Å²) in [5.41, 5.74) is 8.95. The minimum Gasteiger partial charge on any atom is -0.480 e. The van der Waals surface area contributed by atoms with Crippen molar-refractivity contribution in [3.05, 3.63) is 33.7 Å². The fourth-order valence-electron chi connectivity index (χ4n) is 1.21. The molecule has 4 N–H and O–H groups in total. The van der Waals surface area contributed by atoms with Gasteiger partial charge in [0.05, 0.1) is 6.26 Å². The molecule has 0 heterocycles. The van der Waals surface area contributed by atoms with Crippen LogP contribution in [0.3, 0.4) is 0 Å². The van der Waals surface area contributed by atoms with Gasteiger partial charge in [0.25, 0.3) is 10.1 Å². The van der Waals surface area contributed by atoms with Crippen LogP contribution in [0.5, 0.6) is 0 Å². The summed E-state index contributed by atoms with van der Waals surface area (Å²) in [4.78, 5) is 12.7. The number of carboxylic acid groups (broad SMARTS) is 1. The van der Waals surface area contributed by atoms with Crippen LogP contribution in [0.1, 0.15) is 0 Å². The van der Waals surface area contributed by atoms with Crippen molar-refractivity contribution in [3.63, 3.8) is 0 Å². The summed E-state index contributed by atoms with van der Waals surface area (Å²) in [6.07, 6.45) is 0.715. The number of hydrogen-bond donors (Lipinski definition) is 5. The van der Waals surface area contributed by atoms with Gasteiger partial charge in [-0.25, -0.2) is 23.0 Å². The molecule has 0 fully saturated rings. The Bertz CT molecular complexity index is 795. The second-order valence-corrected chi connectivity index (χ2v) is 6.08. The van der Waals surface area contributed by atoms with E-state index in [1.807, 2.05) is 10.3 Å². The molecule has 146 valence electrons. The minimum atomic E-state index is -3.67. The van der Waals surface area contributed by atoms with Gasteiger partial charge in [0, 0.05) is 10.7 Å². The topological polar surface area (TPSA) is 164 Å². The van der Waals surface area contributed by atoms with E-state index in [2.05, 4.69) is 17.7 Å². The van der Waals surface area contributed by atoms with E-state index in [9.17, 15) is 30.8 Å². The van der Waals surface area contributed by atoms with Crippen LogP contribution in [0.15, 0.2) is 5.11 Å². The van der Waals surface area contributed by atoms with Crippen molar-refractivity contribution in [1.29, 1.82) is 0 Å². The van der Waals surface area contributed by atoms with Crippen molar-refractivity contribution >= 4 is 40.1 Å². The third-order valence-electron chi connectivity index (χ3n) is 2.24. The number of thiol groups is 1. The van der Waals surface area contributed by atoms with Crippen molar-refractivity contribution in [2.45, 2.75) is 6.04 Å². The number of halogens is 4. The lowest BCUT2D eigenvalue weighted by Gasteiger charge is -2.16. The molecule has 16 heteroatoms. The van der Waals surface area contributed by atoms with E-state index in [0.29, 0.717) is 6.26 Å². The Hall–Kier alpha value is -2.26. The number of carboxylic acids is 1. The normalized spacial score (nSPS) is 11.7. The van der Waals surface area contributed by atoms with Crippen molar-refractivity contribution in [3.8, 4) is 0 Å². The second-order valence-electron chi connectivity index (χ2n) is 4.24. The number of anilines is 1. The molecule has 26 heavy (non-hydrogen) atoms. The highest BCUT2D eigenvalue weighted by Gasteiger charge is 2.26. The predicted molar refractivity (Wildman–Crippen MR) is 84.6 cm³/mol. The van der Waals surface area contributed by atoms with Crippen LogP contribution in [0, 0.1) is 23.3 Å². The fourth-order valence-corrected chi connectivity index (χ4v) is 1.45. The number of azide groups is 1. The highest BCUT2D eigenvalue weighted by atomic mass is 32.2. The molecule has 1 rings (SSSR count). The lowest BCUT2D eigenvalue weighted by Crippen LogP contribution is -2.42. The van der Waals surface area contributed by atoms with Gasteiger partial charge in [0.1, 0.15) is 17.4 Å². The fraction of sp³-hybridized carbons (Fsp3) is 0.300. The molecule has 0 saturated carbocycles. The van der Waals surface area contributed by atoms with Gasteiger partial charge in [0.2, 0.25) is 0 Å². The predicted octanol–water partition coefficient (Wildman–Crippen LogP) is 1.99. The number of nitrogens with zero attached hydrogens (tertiary/aromatic N) is 3. The lowest BCUT2D eigenvalue weighted by molar-refractivity contribution is -0.138. The van der Waals surface area contributed by atoms with Crippen LogP contribution in [0.4, 0.5) is 28.9 Å². The van der Waals surface area contributed by atoms with Gasteiger partial charge in [-0.2, -0.15) is 21.0 Å². The van der Waals surface area contributed by atoms with Gasteiger partial charge in [-0.05, 0) is 5.53 Å². The molecule has 0 amide bonds. The molecule has 0 aromatic heterocycles. The zero-order chi connectivity index (χ0) is 20.7. The quantitative estimate of drug-likeness (QED) is 0.0685.